The molecule has 0 aromatic heterocycles. The quantitative estimate of drug-likeness (QED) is 0.737. The molecule has 27 heavy (non-hydrogen) atoms. The third-order valence-electron chi connectivity index (χ3n) is 4.62. The van der Waals surface area contributed by atoms with Crippen LogP contribution in [0.2, 0.25) is 0 Å². The minimum Gasteiger partial charge on any atom is -0.488 e. The van der Waals surface area contributed by atoms with Crippen LogP contribution in [0.5, 0.6) is 5.75 Å². The average molecular weight is 366 g/mol. The molecule has 0 bridgehead atoms. The van der Waals surface area contributed by atoms with E-state index in [2.05, 4.69) is 23.1 Å². The lowest BCUT2D eigenvalue weighted by molar-refractivity contribution is -0.140. The molecule has 2 aromatic carbocycles. The molecule has 142 valence electrons. The van der Waals surface area contributed by atoms with Gasteiger partial charge in [0.2, 0.25) is 0 Å². The summed E-state index contributed by atoms with van der Waals surface area (Å²) < 4.78 is 10.8. The number of fused-ring (bicyclic) bond motifs is 2. The highest BCUT2D eigenvalue weighted by Gasteiger charge is 2.20. The van der Waals surface area contributed by atoms with Crippen molar-refractivity contribution < 1.29 is 14.3 Å². The van der Waals surface area contributed by atoms with Gasteiger partial charge >= 0.3 is 5.97 Å². The van der Waals surface area contributed by atoms with Crippen molar-refractivity contribution in [1.82, 2.24) is 4.90 Å². The third-order valence-corrected chi connectivity index (χ3v) is 4.62. The van der Waals surface area contributed by atoms with E-state index in [-0.39, 0.29) is 5.97 Å². The normalized spacial score (nSPS) is 14.3. The van der Waals surface area contributed by atoms with Gasteiger partial charge in [-0.1, -0.05) is 30.3 Å². The number of benzene rings is 2. The van der Waals surface area contributed by atoms with Gasteiger partial charge in [-0.15, -0.1) is 0 Å². The van der Waals surface area contributed by atoms with E-state index in [0.29, 0.717) is 26.0 Å². The molecule has 0 N–H and O–H groups in total. The Morgan fingerprint density at radius 3 is 2.78 bits per heavy atom. The Morgan fingerprint density at radius 2 is 2.00 bits per heavy atom. The van der Waals surface area contributed by atoms with Crippen LogP contribution in [0.4, 0.5) is 0 Å². The molecule has 0 aliphatic carbocycles. The zero-order chi connectivity index (χ0) is 19.2. The van der Waals surface area contributed by atoms with Crippen LogP contribution < -0.4 is 4.74 Å². The van der Waals surface area contributed by atoms with Gasteiger partial charge in [0.05, 0.1) is 19.4 Å². The van der Waals surface area contributed by atoms with Gasteiger partial charge < -0.3 is 14.4 Å². The number of aryl methyl sites for hydroxylation is 1. The van der Waals surface area contributed by atoms with Crippen LogP contribution in [-0.2, 0) is 22.6 Å². The minimum absolute atomic E-state index is 0.202. The Labute approximate surface area is 160 Å². The highest BCUT2D eigenvalue weighted by Crippen LogP contribution is 2.30. The fourth-order valence-electron chi connectivity index (χ4n) is 3.10. The molecule has 0 amide bonds. The molecule has 0 saturated heterocycles. The lowest BCUT2D eigenvalue weighted by atomic mass is 9.96. The summed E-state index contributed by atoms with van der Waals surface area (Å²) in [5.41, 5.74) is 5.26. The van der Waals surface area contributed by atoms with E-state index in [1.807, 2.05) is 38.4 Å². The molecule has 1 aliphatic heterocycles. The molecule has 0 spiro atoms. The van der Waals surface area contributed by atoms with E-state index in [4.69, 9.17) is 14.5 Å². The first kappa shape index (κ1) is 19.1. The lowest BCUT2D eigenvalue weighted by Gasteiger charge is -2.13. The van der Waals surface area contributed by atoms with E-state index in [1.54, 1.807) is 0 Å². The summed E-state index contributed by atoms with van der Waals surface area (Å²) in [6, 6.07) is 14.3. The van der Waals surface area contributed by atoms with Crippen molar-refractivity contribution in [3.05, 3.63) is 64.7 Å². The van der Waals surface area contributed by atoms with Gasteiger partial charge in [0.15, 0.2) is 0 Å². The van der Waals surface area contributed by atoms with Crippen LogP contribution in [0.1, 0.15) is 28.7 Å². The number of nitrogens with zero attached hydrogens (tertiary/aromatic N) is 2. The summed E-state index contributed by atoms with van der Waals surface area (Å²) in [4.78, 5) is 18.5. The molecular formula is C22H26N2O3. The van der Waals surface area contributed by atoms with Crippen LogP contribution in [0.15, 0.2) is 47.5 Å². The van der Waals surface area contributed by atoms with Crippen LogP contribution in [0.25, 0.3) is 0 Å². The Bertz CT molecular complexity index is 843. The molecule has 0 atom stereocenters. The highest BCUT2D eigenvalue weighted by molar-refractivity contribution is 6.15. The molecule has 2 aromatic rings. The van der Waals surface area contributed by atoms with E-state index in [0.717, 1.165) is 40.3 Å². The molecular weight excluding hydrogens is 340 g/mol. The Kier molecular flexibility index (Phi) is 6.24. The zero-order valence-electron chi connectivity index (χ0n) is 16.2. The number of carbonyl (C=O) groups is 1. The molecule has 0 fully saturated rings. The molecule has 5 heteroatoms. The molecule has 0 saturated carbocycles. The molecule has 0 unspecified atom stereocenters. The summed E-state index contributed by atoms with van der Waals surface area (Å²) in [5.74, 6) is 0.628. The predicted octanol–water partition coefficient (Wildman–Crippen LogP) is 3.08. The number of hydrogen-bond donors (Lipinski definition) is 0. The Balaban J connectivity index is 1.98. The standard InChI is InChI=1S/C22H26N2O3/c1-24(2)13-12-23-22-18-7-5-4-6-17(18)15-27-20-10-8-16(14-19(20)22)9-11-21(25)26-3/h4-8,10,14H,9,11-13,15H2,1-3H3/b23-22+. The molecule has 5 nitrogen and oxygen atoms in total. The Hall–Kier alpha value is -2.66. The molecule has 1 aliphatic rings. The predicted molar refractivity (Wildman–Crippen MR) is 107 cm³/mol. The summed E-state index contributed by atoms with van der Waals surface area (Å²) in [6.07, 6.45) is 0.992. The number of methoxy groups -OCH3 is 1. The number of esters is 1. The average Bonchev–Trinajstić information content (AvgIpc) is 2.83. The maximum Gasteiger partial charge on any atom is 0.305 e. The summed E-state index contributed by atoms with van der Waals surface area (Å²) >= 11 is 0. The second kappa shape index (κ2) is 8.82. The first-order valence-corrected chi connectivity index (χ1v) is 9.19. The number of carbonyl (C=O) groups excluding carboxylic acids is 1. The summed E-state index contributed by atoms with van der Waals surface area (Å²) in [5, 5.41) is 0. The third kappa shape index (κ3) is 4.74. The Morgan fingerprint density at radius 1 is 1.19 bits per heavy atom. The highest BCUT2D eigenvalue weighted by atomic mass is 16.5. The van der Waals surface area contributed by atoms with Crippen molar-refractivity contribution in [3.63, 3.8) is 0 Å². The summed E-state index contributed by atoms with van der Waals surface area (Å²) in [6.45, 7) is 2.11. The zero-order valence-corrected chi connectivity index (χ0v) is 16.2. The van der Waals surface area contributed by atoms with Crippen molar-refractivity contribution >= 4 is 11.7 Å². The van der Waals surface area contributed by atoms with Crippen LogP contribution in [0.3, 0.4) is 0 Å². The number of aliphatic imine (C=N–C) groups is 1. The maximum atomic E-state index is 11.5. The number of ether oxygens (including phenoxy) is 2. The van der Waals surface area contributed by atoms with Gasteiger partial charge in [-0.3, -0.25) is 9.79 Å². The first-order valence-electron chi connectivity index (χ1n) is 9.19. The second-order valence-electron chi connectivity index (χ2n) is 6.89. The van der Waals surface area contributed by atoms with Crippen molar-refractivity contribution in [1.29, 1.82) is 0 Å². The van der Waals surface area contributed by atoms with Gasteiger partial charge in [0.25, 0.3) is 0 Å². The summed E-state index contributed by atoms with van der Waals surface area (Å²) in [7, 11) is 5.51. The monoisotopic (exact) mass is 366 g/mol. The van der Waals surface area contributed by atoms with Crippen molar-refractivity contribution in [3.8, 4) is 5.75 Å². The molecule has 1 heterocycles. The maximum absolute atomic E-state index is 11.5. The largest absolute Gasteiger partial charge is 0.488 e. The van der Waals surface area contributed by atoms with Crippen molar-refractivity contribution in [2.45, 2.75) is 19.4 Å². The lowest BCUT2D eigenvalue weighted by Crippen LogP contribution is -2.17. The van der Waals surface area contributed by atoms with E-state index in [9.17, 15) is 4.79 Å². The van der Waals surface area contributed by atoms with Gasteiger partial charge in [0, 0.05) is 24.1 Å². The number of hydrogen-bond acceptors (Lipinski definition) is 5. The van der Waals surface area contributed by atoms with E-state index >= 15 is 0 Å². The first-order chi connectivity index (χ1) is 13.1. The van der Waals surface area contributed by atoms with E-state index in [1.165, 1.54) is 7.11 Å². The number of likely N-dealkylation sites (N-methyl/N-ethyl adjacent to an activating group) is 1. The van der Waals surface area contributed by atoms with Crippen LogP contribution in [-0.4, -0.2) is 50.9 Å². The number of rotatable bonds is 6. The fraction of sp³-hybridized carbons (Fsp3) is 0.364. The van der Waals surface area contributed by atoms with Gasteiger partial charge in [-0.05, 0) is 43.8 Å². The van der Waals surface area contributed by atoms with E-state index < -0.39 is 0 Å². The van der Waals surface area contributed by atoms with Crippen LogP contribution >= 0.6 is 0 Å². The fourth-order valence-corrected chi connectivity index (χ4v) is 3.10. The molecule has 3 rings (SSSR count). The smallest absolute Gasteiger partial charge is 0.305 e. The van der Waals surface area contributed by atoms with Gasteiger partial charge in [-0.25, -0.2) is 0 Å². The molecule has 0 radical (unpaired) electrons. The van der Waals surface area contributed by atoms with Crippen LogP contribution in [0, 0.1) is 0 Å². The second-order valence-corrected chi connectivity index (χ2v) is 6.89. The minimum atomic E-state index is -0.202. The topological polar surface area (TPSA) is 51.1 Å². The van der Waals surface area contributed by atoms with Gasteiger partial charge in [0.1, 0.15) is 12.4 Å². The van der Waals surface area contributed by atoms with Crippen molar-refractivity contribution in [2.24, 2.45) is 4.99 Å². The van der Waals surface area contributed by atoms with Gasteiger partial charge in [-0.2, -0.15) is 0 Å². The van der Waals surface area contributed by atoms with Crippen molar-refractivity contribution in [2.75, 3.05) is 34.3 Å². The SMILES string of the molecule is COC(=O)CCc1ccc2c(c1)/C(=N/CCN(C)C)c1ccccc1CO2.